The van der Waals surface area contributed by atoms with E-state index in [1.807, 2.05) is 0 Å². The molecule has 2 heterocycles. The smallest absolute Gasteiger partial charge is 0.0232 e. The van der Waals surface area contributed by atoms with E-state index in [9.17, 15) is 0 Å². The lowest BCUT2D eigenvalue weighted by Gasteiger charge is -2.38. The van der Waals surface area contributed by atoms with Gasteiger partial charge < -0.3 is 5.32 Å². The van der Waals surface area contributed by atoms with E-state index in [0.29, 0.717) is 0 Å². The van der Waals surface area contributed by atoms with E-state index in [1.54, 1.807) is 0 Å². The number of rotatable bonds is 2. The molecule has 1 N–H and O–H groups in total. The second-order valence-corrected chi connectivity index (χ2v) is 5.29. The van der Waals surface area contributed by atoms with Crippen LogP contribution in [-0.4, -0.2) is 37.1 Å². The second kappa shape index (κ2) is 4.63. The van der Waals surface area contributed by atoms with Gasteiger partial charge in [0.25, 0.3) is 0 Å². The lowest BCUT2D eigenvalue weighted by Crippen LogP contribution is -2.44. The van der Waals surface area contributed by atoms with E-state index in [2.05, 4.69) is 24.1 Å². The summed E-state index contributed by atoms with van der Waals surface area (Å²) in [5.74, 6) is 1.82. The van der Waals surface area contributed by atoms with Gasteiger partial charge in [0.15, 0.2) is 0 Å². The Kier molecular flexibility index (Phi) is 3.45. The van der Waals surface area contributed by atoms with Crippen LogP contribution >= 0.6 is 0 Å². The molecule has 0 amide bonds. The summed E-state index contributed by atoms with van der Waals surface area (Å²) in [6, 6.07) is 0.844. The fraction of sp³-hybridized carbons (Fsp3) is 1.00. The number of hydrogen-bond acceptors (Lipinski definition) is 2. The van der Waals surface area contributed by atoms with Crippen molar-refractivity contribution in [2.75, 3.05) is 26.2 Å². The monoisotopic (exact) mass is 196 g/mol. The molecule has 2 aliphatic heterocycles. The summed E-state index contributed by atoms with van der Waals surface area (Å²) in [5.41, 5.74) is 0. The molecule has 2 atom stereocenters. The van der Waals surface area contributed by atoms with Gasteiger partial charge in [-0.15, -0.1) is 0 Å². The van der Waals surface area contributed by atoms with Crippen LogP contribution < -0.4 is 5.32 Å². The SMILES string of the molecule is CC(C)C1CCCN(C2CCNC2)C1. The first-order valence-electron chi connectivity index (χ1n) is 6.22. The van der Waals surface area contributed by atoms with Crippen molar-refractivity contribution in [3.05, 3.63) is 0 Å². The van der Waals surface area contributed by atoms with Crippen molar-refractivity contribution >= 4 is 0 Å². The Morgan fingerprint density at radius 3 is 2.79 bits per heavy atom. The van der Waals surface area contributed by atoms with Crippen molar-refractivity contribution in [2.45, 2.75) is 39.2 Å². The molecule has 2 nitrogen and oxygen atoms in total. The summed E-state index contributed by atoms with van der Waals surface area (Å²) < 4.78 is 0. The molecule has 2 rings (SSSR count). The fourth-order valence-corrected chi connectivity index (χ4v) is 2.87. The molecule has 2 aliphatic rings. The third-order valence-corrected chi connectivity index (χ3v) is 3.98. The number of hydrogen-bond donors (Lipinski definition) is 1. The van der Waals surface area contributed by atoms with E-state index >= 15 is 0 Å². The zero-order valence-electron chi connectivity index (χ0n) is 9.63. The number of nitrogens with zero attached hydrogens (tertiary/aromatic N) is 1. The molecule has 2 saturated heterocycles. The normalized spacial score (nSPS) is 35.4. The molecule has 0 bridgehead atoms. The van der Waals surface area contributed by atoms with E-state index in [0.717, 1.165) is 17.9 Å². The summed E-state index contributed by atoms with van der Waals surface area (Å²) in [6.07, 6.45) is 4.23. The quantitative estimate of drug-likeness (QED) is 0.723. The van der Waals surface area contributed by atoms with E-state index in [-0.39, 0.29) is 0 Å². The molecule has 0 radical (unpaired) electrons. The number of piperidine rings is 1. The van der Waals surface area contributed by atoms with Crippen LogP contribution in [0.5, 0.6) is 0 Å². The maximum atomic E-state index is 3.47. The lowest BCUT2D eigenvalue weighted by molar-refractivity contribution is 0.109. The molecule has 2 heteroatoms. The van der Waals surface area contributed by atoms with Crippen molar-refractivity contribution in [1.82, 2.24) is 10.2 Å². The molecule has 2 unspecified atom stereocenters. The highest BCUT2D eigenvalue weighted by Crippen LogP contribution is 2.25. The maximum Gasteiger partial charge on any atom is 0.0232 e. The van der Waals surface area contributed by atoms with Crippen molar-refractivity contribution in [3.63, 3.8) is 0 Å². The van der Waals surface area contributed by atoms with Crippen molar-refractivity contribution in [3.8, 4) is 0 Å². The minimum atomic E-state index is 0.844. The number of likely N-dealkylation sites (tertiary alicyclic amines) is 1. The van der Waals surface area contributed by atoms with Gasteiger partial charge in [-0.3, -0.25) is 4.90 Å². The van der Waals surface area contributed by atoms with Gasteiger partial charge in [-0.25, -0.2) is 0 Å². The lowest BCUT2D eigenvalue weighted by atomic mass is 9.87. The predicted octanol–water partition coefficient (Wildman–Crippen LogP) is 1.72. The molecule has 0 aromatic heterocycles. The standard InChI is InChI=1S/C12H24N2/c1-10(2)11-4-3-7-14(9-11)12-5-6-13-8-12/h10-13H,3-9H2,1-2H3. The third kappa shape index (κ3) is 2.29. The fourth-order valence-electron chi connectivity index (χ4n) is 2.87. The van der Waals surface area contributed by atoms with Gasteiger partial charge in [0.2, 0.25) is 0 Å². The molecule has 14 heavy (non-hydrogen) atoms. The first kappa shape index (κ1) is 10.4. The van der Waals surface area contributed by atoms with Crippen LogP contribution in [0.3, 0.4) is 0 Å². The molecule has 0 saturated carbocycles. The maximum absolute atomic E-state index is 3.47. The Morgan fingerprint density at radius 1 is 1.29 bits per heavy atom. The Labute approximate surface area is 88.1 Å². The number of nitrogens with one attached hydrogen (secondary N) is 1. The summed E-state index contributed by atoms with van der Waals surface area (Å²) in [7, 11) is 0. The Bertz CT molecular complexity index is 173. The summed E-state index contributed by atoms with van der Waals surface area (Å²) in [4.78, 5) is 2.73. The Hall–Kier alpha value is -0.0800. The van der Waals surface area contributed by atoms with Gasteiger partial charge in [0.1, 0.15) is 0 Å². The third-order valence-electron chi connectivity index (χ3n) is 3.98. The average Bonchev–Trinajstić information content (AvgIpc) is 2.71. The van der Waals surface area contributed by atoms with Gasteiger partial charge in [-0.2, -0.15) is 0 Å². The zero-order chi connectivity index (χ0) is 9.97. The van der Waals surface area contributed by atoms with Crippen LogP contribution in [0.2, 0.25) is 0 Å². The van der Waals surface area contributed by atoms with Gasteiger partial charge >= 0.3 is 0 Å². The van der Waals surface area contributed by atoms with E-state index < -0.39 is 0 Å². The van der Waals surface area contributed by atoms with Gasteiger partial charge in [0.05, 0.1) is 0 Å². The highest BCUT2D eigenvalue weighted by molar-refractivity contribution is 4.85. The minimum absolute atomic E-state index is 0.844. The first-order chi connectivity index (χ1) is 6.77. The molecular formula is C12H24N2. The van der Waals surface area contributed by atoms with Gasteiger partial charge in [-0.05, 0) is 44.2 Å². The zero-order valence-corrected chi connectivity index (χ0v) is 9.63. The Morgan fingerprint density at radius 2 is 2.14 bits per heavy atom. The van der Waals surface area contributed by atoms with Crippen molar-refractivity contribution in [2.24, 2.45) is 11.8 Å². The van der Waals surface area contributed by atoms with Crippen molar-refractivity contribution < 1.29 is 0 Å². The molecular weight excluding hydrogens is 172 g/mol. The summed E-state index contributed by atoms with van der Waals surface area (Å²) in [5, 5.41) is 3.47. The molecule has 82 valence electrons. The van der Waals surface area contributed by atoms with Crippen LogP contribution in [0, 0.1) is 11.8 Å². The highest BCUT2D eigenvalue weighted by Gasteiger charge is 2.28. The topological polar surface area (TPSA) is 15.3 Å². The average molecular weight is 196 g/mol. The van der Waals surface area contributed by atoms with Crippen LogP contribution in [0.4, 0.5) is 0 Å². The van der Waals surface area contributed by atoms with Gasteiger partial charge in [-0.1, -0.05) is 13.8 Å². The molecule has 0 aliphatic carbocycles. The molecule has 0 aromatic rings. The first-order valence-corrected chi connectivity index (χ1v) is 6.22. The molecule has 2 fully saturated rings. The highest BCUT2D eigenvalue weighted by atomic mass is 15.2. The molecule has 0 aromatic carbocycles. The second-order valence-electron chi connectivity index (χ2n) is 5.29. The Balaban J connectivity index is 1.86. The van der Waals surface area contributed by atoms with Crippen LogP contribution in [0.25, 0.3) is 0 Å². The van der Waals surface area contributed by atoms with Crippen LogP contribution in [0.15, 0.2) is 0 Å². The predicted molar refractivity (Wildman–Crippen MR) is 60.4 cm³/mol. The largest absolute Gasteiger partial charge is 0.315 e. The minimum Gasteiger partial charge on any atom is -0.315 e. The van der Waals surface area contributed by atoms with E-state index in [1.165, 1.54) is 45.4 Å². The van der Waals surface area contributed by atoms with Crippen LogP contribution in [0.1, 0.15) is 33.1 Å². The van der Waals surface area contributed by atoms with Gasteiger partial charge in [0, 0.05) is 19.1 Å². The van der Waals surface area contributed by atoms with Crippen LogP contribution in [-0.2, 0) is 0 Å². The van der Waals surface area contributed by atoms with E-state index in [4.69, 9.17) is 0 Å². The summed E-state index contributed by atoms with van der Waals surface area (Å²) in [6.45, 7) is 9.90. The summed E-state index contributed by atoms with van der Waals surface area (Å²) >= 11 is 0. The van der Waals surface area contributed by atoms with Crippen molar-refractivity contribution in [1.29, 1.82) is 0 Å². The molecule has 0 spiro atoms.